The molecule has 0 atom stereocenters. The van der Waals surface area contributed by atoms with Gasteiger partial charge in [0.25, 0.3) is 0 Å². The molecule has 7 heteroatoms. The highest BCUT2D eigenvalue weighted by Crippen LogP contribution is 2.16. The van der Waals surface area contributed by atoms with E-state index in [0.29, 0.717) is 18.7 Å². The number of unbranched alkanes of at least 4 members (excludes halogenated alkanes) is 1. The van der Waals surface area contributed by atoms with Crippen LogP contribution >= 0.6 is 0 Å². The van der Waals surface area contributed by atoms with Gasteiger partial charge in [-0.2, -0.15) is 0 Å². The molecular formula is C18H22N2O4S. The molecule has 3 N–H and O–H groups in total. The molecule has 0 amide bonds. The van der Waals surface area contributed by atoms with E-state index in [-0.39, 0.29) is 11.3 Å². The molecule has 0 bridgehead atoms. The Kier molecular flexibility index (Phi) is 6.41. The number of rotatable bonds is 9. The van der Waals surface area contributed by atoms with Crippen LogP contribution < -0.4 is 10.0 Å². The van der Waals surface area contributed by atoms with Crippen molar-refractivity contribution in [3.05, 3.63) is 59.7 Å². The molecule has 0 saturated heterocycles. The van der Waals surface area contributed by atoms with Crippen LogP contribution in [0.3, 0.4) is 0 Å². The van der Waals surface area contributed by atoms with Gasteiger partial charge in [0.15, 0.2) is 0 Å². The van der Waals surface area contributed by atoms with E-state index in [0.717, 1.165) is 17.7 Å². The van der Waals surface area contributed by atoms with Crippen LogP contribution in [0, 0.1) is 0 Å². The summed E-state index contributed by atoms with van der Waals surface area (Å²) in [6.07, 6.45) is 1.47. The van der Waals surface area contributed by atoms with E-state index in [1.54, 1.807) is 48.5 Å². The number of nitrogens with one attached hydrogen (secondary N) is 2. The summed E-state index contributed by atoms with van der Waals surface area (Å²) in [4.78, 5) is 10.8. The standard InChI is InChI=1S/C18H22N2O4S/c1-2-3-12-25(23,24)20-17-10-8-16(9-11-17)19-13-14-4-6-15(7-5-14)18(21)22/h4-11,19-20H,2-3,12-13H2,1H3,(H,21,22). The van der Waals surface area contributed by atoms with Crippen molar-refractivity contribution in [1.29, 1.82) is 0 Å². The fourth-order valence-corrected chi connectivity index (χ4v) is 3.46. The first-order valence-electron chi connectivity index (χ1n) is 8.06. The third kappa shape index (κ3) is 6.11. The maximum Gasteiger partial charge on any atom is 0.335 e. The second kappa shape index (κ2) is 8.53. The predicted molar refractivity (Wildman–Crippen MR) is 99.5 cm³/mol. The van der Waals surface area contributed by atoms with Crippen LogP contribution in [0.15, 0.2) is 48.5 Å². The van der Waals surface area contributed by atoms with Crippen molar-refractivity contribution in [3.8, 4) is 0 Å². The number of benzene rings is 2. The van der Waals surface area contributed by atoms with Gasteiger partial charge in [-0.25, -0.2) is 13.2 Å². The molecule has 0 radical (unpaired) electrons. The van der Waals surface area contributed by atoms with Gasteiger partial charge >= 0.3 is 5.97 Å². The molecule has 0 heterocycles. The molecule has 0 aliphatic carbocycles. The summed E-state index contributed by atoms with van der Waals surface area (Å²) in [6.45, 7) is 2.49. The molecular weight excluding hydrogens is 340 g/mol. The van der Waals surface area contributed by atoms with Gasteiger partial charge in [-0.05, 0) is 48.4 Å². The van der Waals surface area contributed by atoms with E-state index in [9.17, 15) is 13.2 Å². The largest absolute Gasteiger partial charge is 0.478 e. The van der Waals surface area contributed by atoms with Crippen LogP contribution in [0.1, 0.15) is 35.7 Å². The maximum atomic E-state index is 11.9. The summed E-state index contributed by atoms with van der Waals surface area (Å²) in [5.74, 6) is -0.827. The molecule has 0 aliphatic heterocycles. The van der Waals surface area contributed by atoms with E-state index in [1.165, 1.54) is 0 Å². The Hall–Kier alpha value is -2.54. The first kappa shape index (κ1) is 18.8. The van der Waals surface area contributed by atoms with Gasteiger partial charge < -0.3 is 10.4 Å². The number of carbonyl (C=O) groups is 1. The summed E-state index contributed by atoms with van der Waals surface area (Å²) in [7, 11) is -3.29. The van der Waals surface area contributed by atoms with Crippen LogP contribution in [0.4, 0.5) is 11.4 Å². The molecule has 134 valence electrons. The molecule has 25 heavy (non-hydrogen) atoms. The SMILES string of the molecule is CCCCS(=O)(=O)Nc1ccc(NCc2ccc(C(=O)O)cc2)cc1. The van der Waals surface area contributed by atoms with Crippen LogP contribution in [-0.4, -0.2) is 25.2 Å². The van der Waals surface area contributed by atoms with Crippen LogP contribution in [0.2, 0.25) is 0 Å². The fraction of sp³-hybridized carbons (Fsp3) is 0.278. The minimum Gasteiger partial charge on any atom is -0.478 e. The van der Waals surface area contributed by atoms with Crippen molar-refractivity contribution in [2.24, 2.45) is 0 Å². The Balaban J connectivity index is 1.90. The maximum absolute atomic E-state index is 11.9. The van der Waals surface area contributed by atoms with Crippen molar-refractivity contribution in [3.63, 3.8) is 0 Å². The molecule has 6 nitrogen and oxygen atoms in total. The second-order valence-electron chi connectivity index (χ2n) is 5.71. The van der Waals surface area contributed by atoms with Gasteiger partial charge in [0.05, 0.1) is 11.3 Å². The Bertz CT molecular complexity index is 800. The predicted octanol–water partition coefficient (Wildman–Crippen LogP) is 3.54. The summed E-state index contributed by atoms with van der Waals surface area (Å²) in [6, 6.07) is 13.6. The molecule has 0 unspecified atom stereocenters. The lowest BCUT2D eigenvalue weighted by molar-refractivity contribution is 0.0697. The molecule has 0 aliphatic rings. The lowest BCUT2D eigenvalue weighted by Crippen LogP contribution is -2.16. The lowest BCUT2D eigenvalue weighted by Gasteiger charge is -2.10. The number of hydrogen-bond acceptors (Lipinski definition) is 4. The zero-order chi connectivity index (χ0) is 18.3. The van der Waals surface area contributed by atoms with E-state index in [1.807, 2.05) is 6.92 Å². The Morgan fingerprint density at radius 2 is 1.60 bits per heavy atom. The van der Waals surface area contributed by atoms with Crippen molar-refractivity contribution in [2.45, 2.75) is 26.3 Å². The minimum atomic E-state index is -3.29. The normalized spacial score (nSPS) is 11.1. The van der Waals surface area contributed by atoms with Gasteiger partial charge in [0.1, 0.15) is 0 Å². The molecule has 0 fully saturated rings. The quantitative estimate of drug-likeness (QED) is 0.634. The third-order valence-corrected chi connectivity index (χ3v) is 5.00. The number of aromatic carboxylic acids is 1. The van der Waals surface area contributed by atoms with Crippen molar-refractivity contribution >= 4 is 27.4 Å². The topological polar surface area (TPSA) is 95.5 Å². The van der Waals surface area contributed by atoms with Crippen LogP contribution in [0.25, 0.3) is 0 Å². The monoisotopic (exact) mass is 362 g/mol. The molecule has 0 saturated carbocycles. The molecule has 2 aromatic carbocycles. The lowest BCUT2D eigenvalue weighted by atomic mass is 10.1. The van der Waals surface area contributed by atoms with Crippen molar-refractivity contribution in [1.82, 2.24) is 0 Å². The zero-order valence-corrected chi connectivity index (χ0v) is 14.8. The van der Waals surface area contributed by atoms with Crippen molar-refractivity contribution < 1.29 is 18.3 Å². The van der Waals surface area contributed by atoms with Crippen LogP contribution in [0.5, 0.6) is 0 Å². The van der Waals surface area contributed by atoms with E-state index in [4.69, 9.17) is 5.11 Å². The molecule has 2 rings (SSSR count). The van der Waals surface area contributed by atoms with E-state index >= 15 is 0 Å². The van der Waals surface area contributed by atoms with Gasteiger partial charge in [-0.1, -0.05) is 25.5 Å². The summed E-state index contributed by atoms with van der Waals surface area (Å²) in [5.41, 5.74) is 2.59. The van der Waals surface area contributed by atoms with Crippen molar-refractivity contribution in [2.75, 3.05) is 15.8 Å². The van der Waals surface area contributed by atoms with E-state index in [2.05, 4.69) is 10.0 Å². The second-order valence-corrected chi connectivity index (χ2v) is 7.55. The summed E-state index contributed by atoms with van der Waals surface area (Å²) < 4.78 is 26.3. The molecule has 0 spiro atoms. The van der Waals surface area contributed by atoms with Gasteiger partial charge in [0, 0.05) is 17.9 Å². The molecule has 2 aromatic rings. The van der Waals surface area contributed by atoms with Crippen LogP contribution in [-0.2, 0) is 16.6 Å². The Morgan fingerprint density at radius 1 is 1.00 bits per heavy atom. The third-order valence-electron chi connectivity index (χ3n) is 3.62. The summed E-state index contributed by atoms with van der Waals surface area (Å²) in [5, 5.41) is 12.1. The zero-order valence-electron chi connectivity index (χ0n) is 14.0. The first-order valence-corrected chi connectivity index (χ1v) is 9.71. The highest BCUT2D eigenvalue weighted by atomic mass is 32.2. The number of sulfonamides is 1. The Morgan fingerprint density at radius 3 is 2.16 bits per heavy atom. The number of anilines is 2. The fourth-order valence-electron chi connectivity index (χ4n) is 2.19. The summed E-state index contributed by atoms with van der Waals surface area (Å²) >= 11 is 0. The number of carboxylic acid groups (broad SMARTS) is 1. The average Bonchev–Trinajstić information content (AvgIpc) is 2.59. The molecule has 0 aromatic heterocycles. The number of carboxylic acids is 1. The van der Waals surface area contributed by atoms with E-state index < -0.39 is 16.0 Å². The smallest absolute Gasteiger partial charge is 0.335 e. The highest BCUT2D eigenvalue weighted by molar-refractivity contribution is 7.92. The van der Waals surface area contributed by atoms with Gasteiger partial charge in [0.2, 0.25) is 10.0 Å². The Labute approximate surface area is 147 Å². The minimum absolute atomic E-state index is 0.121. The average molecular weight is 362 g/mol. The number of hydrogen-bond donors (Lipinski definition) is 3. The van der Waals surface area contributed by atoms with Gasteiger partial charge in [-0.15, -0.1) is 0 Å². The highest BCUT2D eigenvalue weighted by Gasteiger charge is 2.09. The van der Waals surface area contributed by atoms with Gasteiger partial charge in [-0.3, -0.25) is 4.72 Å². The first-order chi connectivity index (χ1) is 11.9.